The summed E-state index contributed by atoms with van der Waals surface area (Å²) in [6, 6.07) is 8.53. The van der Waals surface area contributed by atoms with Crippen LogP contribution in [0.15, 0.2) is 36.4 Å². The maximum absolute atomic E-state index is 12.9. The van der Waals surface area contributed by atoms with Crippen molar-refractivity contribution in [2.75, 3.05) is 26.6 Å². The number of nitrogens with one attached hydrogen (secondary N) is 1. The van der Waals surface area contributed by atoms with E-state index in [-0.39, 0.29) is 6.42 Å². The molecule has 0 bridgehead atoms. The van der Waals surface area contributed by atoms with Gasteiger partial charge < -0.3 is 14.8 Å². The molecule has 25 heavy (non-hydrogen) atoms. The number of hydrogen-bond acceptors (Lipinski definition) is 4. The minimum atomic E-state index is -4.43. The van der Waals surface area contributed by atoms with E-state index in [1.807, 2.05) is 0 Å². The van der Waals surface area contributed by atoms with Crippen molar-refractivity contribution in [3.8, 4) is 16.9 Å². The van der Waals surface area contributed by atoms with E-state index < -0.39 is 17.7 Å². The molecule has 2 aromatic carbocycles. The standard InChI is InChI=1S/C18H18F3NO3/c1-22-15-10-12(18(19,20)21)5-6-13(15)14-8-11(9-17(23)25-3)4-7-16(14)24-2/h4-8,10,22H,9H2,1-3H3. The molecule has 2 aromatic rings. The summed E-state index contributed by atoms with van der Waals surface area (Å²) in [5, 5.41) is 2.78. The second-order valence-corrected chi connectivity index (χ2v) is 5.30. The van der Waals surface area contributed by atoms with Crippen molar-refractivity contribution in [3.05, 3.63) is 47.5 Å². The highest BCUT2D eigenvalue weighted by Crippen LogP contribution is 2.39. The number of esters is 1. The molecule has 0 aliphatic heterocycles. The summed E-state index contributed by atoms with van der Waals surface area (Å²) in [7, 11) is 4.31. The van der Waals surface area contributed by atoms with Crippen molar-refractivity contribution >= 4 is 11.7 Å². The summed E-state index contributed by atoms with van der Waals surface area (Å²) in [5.74, 6) is 0.0854. The molecule has 0 aliphatic rings. The fourth-order valence-electron chi connectivity index (χ4n) is 2.48. The third-order valence-electron chi connectivity index (χ3n) is 3.75. The zero-order valence-electron chi connectivity index (χ0n) is 14.0. The Morgan fingerprint density at radius 2 is 1.80 bits per heavy atom. The lowest BCUT2D eigenvalue weighted by Gasteiger charge is -2.16. The molecule has 0 heterocycles. The van der Waals surface area contributed by atoms with Crippen LogP contribution in [0, 0.1) is 0 Å². The number of methoxy groups -OCH3 is 2. The predicted octanol–water partition coefficient (Wildman–Crippen LogP) is 4.14. The van der Waals surface area contributed by atoms with Gasteiger partial charge in [-0.1, -0.05) is 12.1 Å². The Hall–Kier alpha value is -2.70. The average molecular weight is 353 g/mol. The van der Waals surface area contributed by atoms with Crippen LogP contribution in [0.2, 0.25) is 0 Å². The first kappa shape index (κ1) is 18.6. The van der Waals surface area contributed by atoms with Gasteiger partial charge in [-0.25, -0.2) is 0 Å². The van der Waals surface area contributed by atoms with Crippen LogP contribution in [0.4, 0.5) is 18.9 Å². The third-order valence-corrected chi connectivity index (χ3v) is 3.75. The quantitative estimate of drug-likeness (QED) is 0.821. The van der Waals surface area contributed by atoms with Gasteiger partial charge in [-0.2, -0.15) is 13.2 Å². The van der Waals surface area contributed by atoms with Crippen LogP contribution in [0.1, 0.15) is 11.1 Å². The topological polar surface area (TPSA) is 47.6 Å². The molecule has 0 saturated carbocycles. The Bertz CT molecular complexity index is 773. The fourth-order valence-corrected chi connectivity index (χ4v) is 2.48. The third kappa shape index (κ3) is 4.23. The van der Waals surface area contributed by atoms with Gasteiger partial charge in [0.2, 0.25) is 0 Å². The molecule has 0 unspecified atom stereocenters. The molecule has 7 heteroatoms. The van der Waals surface area contributed by atoms with Crippen molar-refractivity contribution in [1.29, 1.82) is 0 Å². The lowest BCUT2D eigenvalue weighted by atomic mass is 9.97. The summed E-state index contributed by atoms with van der Waals surface area (Å²) >= 11 is 0. The molecule has 0 spiro atoms. The first-order chi connectivity index (χ1) is 11.8. The van der Waals surface area contributed by atoms with Crippen molar-refractivity contribution in [3.63, 3.8) is 0 Å². The largest absolute Gasteiger partial charge is 0.496 e. The first-order valence-electron chi connectivity index (χ1n) is 7.43. The molecular weight excluding hydrogens is 335 g/mol. The van der Waals surface area contributed by atoms with E-state index in [9.17, 15) is 18.0 Å². The second kappa shape index (κ2) is 7.46. The van der Waals surface area contributed by atoms with Gasteiger partial charge in [-0.3, -0.25) is 4.79 Å². The summed E-state index contributed by atoms with van der Waals surface area (Å²) in [6.45, 7) is 0. The van der Waals surface area contributed by atoms with Crippen LogP contribution in [-0.4, -0.2) is 27.2 Å². The highest BCUT2D eigenvalue weighted by Gasteiger charge is 2.31. The van der Waals surface area contributed by atoms with E-state index in [0.29, 0.717) is 28.1 Å². The second-order valence-electron chi connectivity index (χ2n) is 5.30. The van der Waals surface area contributed by atoms with Gasteiger partial charge in [-0.15, -0.1) is 0 Å². The van der Waals surface area contributed by atoms with Gasteiger partial charge in [0.25, 0.3) is 0 Å². The number of halogens is 3. The van der Waals surface area contributed by atoms with Gasteiger partial charge in [0.1, 0.15) is 5.75 Å². The van der Waals surface area contributed by atoms with Crippen molar-refractivity contribution in [2.45, 2.75) is 12.6 Å². The Labute approximate surface area is 143 Å². The fraction of sp³-hybridized carbons (Fsp3) is 0.278. The number of alkyl halides is 3. The van der Waals surface area contributed by atoms with Gasteiger partial charge in [-0.05, 0) is 29.8 Å². The molecular formula is C18H18F3NO3. The van der Waals surface area contributed by atoms with Gasteiger partial charge >= 0.3 is 12.1 Å². The molecule has 0 saturated heterocycles. The Morgan fingerprint density at radius 3 is 2.36 bits per heavy atom. The summed E-state index contributed by atoms with van der Waals surface area (Å²) in [6.07, 6.45) is -4.37. The maximum Gasteiger partial charge on any atom is 0.416 e. The Kier molecular flexibility index (Phi) is 5.56. The smallest absolute Gasteiger partial charge is 0.416 e. The van der Waals surface area contributed by atoms with E-state index in [1.165, 1.54) is 20.3 Å². The zero-order valence-corrected chi connectivity index (χ0v) is 14.0. The van der Waals surface area contributed by atoms with Gasteiger partial charge in [0.05, 0.1) is 26.2 Å². The summed E-state index contributed by atoms with van der Waals surface area (Å²) < 4.78 is 48.7. The van der Waals surface area contributed by atoms with Gasteiger partial charge in [0.15, 0.2) is 0 Å². The van der Waals surface area contributed by atoms with Crippen molar-refractivity contribution in [1.82, 2.24) is 0 Å². The predicted molar refractivity (Wildman–Crippen MR) is 88.7 cm³/mol. The Balaban J connectivity index is 2.55. The van der Waals surface area contributed by atoms with E-state index in [4.69, 9.17) is 4.74 Å². The number of carbonyl (C=O) groups excluding carboxylic acids is 1. The molecule has 2 rings (SSSR count). The summed E-state index contributed by atoms with van der Waals surface area (Å²) in [4.78, 5) is 11.5. The van der Waals surface area contributed by atoms with E-state index >= 15 is 0 Å². The number of anilines is 1. The van der Waals surface area contributed by atoms with Crippen LogP contribution in [0.25, 0.3) is 11.1 Å². The SMILES string of the molecule is CNc1cc(C(F)(F)F)ccc1-c1cc(CC(=O)OC)ccc1OC. The molecule has 0 fully saturated rings. The lowest BCUT2D eigenvalue weighted by Crippen LogP contribution is -2.07. The number of carbonyl (C=O) groups is 1. The number of rotatable bonds is 5. The van der Waals surface area contributed by atoms with Crippen LogP contribution in [0.3, 0.4) is 0 Å². The molecule has 0 atom stereocenters. The van der Waals surface area contributed by atoms with Crippen LogP contribution < -0.4 is 10.1 Å². The van der Waals surface area contributed by atoms with Crippen LogP contribution in [0.5, 0.6) is 5.75 Å². The lowest BCUT2D eigenvalue weighted by molar-refractivity contribution is -0.140. The maximum atomic E-state index is 12.9. The highest BCUT2D eigenvalue weighted by molar-refractivity contribution is 5.83. The van der Waals surface area contributed by atoms with E-state index in [0.717, 1.165) is 12.1 Å². The van der Waals surface area contributed by atoms with Crippen molar-refractivity contribution in [2.24, 2.45) is 0 Å². The monoisotopic (exact) mass is 353 g/mol. The molecule has 4 nitrogen and oxygen atoms in total. The van der Waals surface area contributed by atoms with Crippen LogP contribution >= 0.6 is 0 Å². The molecule has 0 aromatic heterocycles. The molecule has 1 N–H and O–H groups in total. The summed E-state index contributed by atoms with van der Waals surface area (Å²) in [5.41, 5.74) is 1.36. The minimum Gasteiger partial charge on any atom is -0.496 e. The number of hydrogen-bond donors (Lipinski definition) is 1. The average Bonchev–Trinajstić information content (AvgIpc) is 2.60. The minimum absolute atomic E-state index is 0.0585. The molecule has 134 valence electrons. The van der Waals surface area contributed by atoms with Gasteiger partial charge in [0, 0.05) is 23.9 Å². The molecule has 0 amide bonds. The zero-order chi connectivity index (χ0) is 18.6. The first-order valence-corrected chi connectivity index (χ1v) is 7.43. The van der Waals surface area contributed by atoms with E-state index in [2.05, 4.69) is 10.1 Å². The normalized spacial score (nSPS) is 11.1. The van der Waals surface area contributed by atoms with E-state index in [1.54, 1.807) is 25.2 Å². The number of ether oxygens (including phenoxy) is 2. The number of benzene rings is 2. The molecule has 0 radical (unpaired) electrons. The molecule has 0 aliphatic carbocycles. The highest BCUT2D eigenvalue weighted by atomic mass is 19.4. The van der Waals surface area contributed by atoms with Crippen molar-refractivity contribution < 1.29 is 27.4 Å². The Morgan fingerprint density at radius 1 is 1.08 bits per heavy atom. The van der Waals surface area contributed by atoms with Crippen LogP contribution in [-0.2, 0) is 22.1 Å².